The third kappa shape index (κ3) is 2.56. The predicted molar refractivity (Wildman–Crippen MR) is 86.5 cm³/mol. The lowest BCUT2D eigenvalue weighted by Gasteiger charge is -2.09. The van der Waals surface area contributed by atoms with Crippen LogP contribution in [0.15, 0.2) is 40.9 Å². The summed E-state index contributed by atoms with van der Waals surface area (Å²) in [5, 5.41) is 1.20. The number of rotatable bonds is 3. The third-order valence-corrected chi connectivity index (χ3v) is 4.45. The maximum absolute atomic E-state index is 13.7. The van der Waals surface area contributed by atoms with Crippen LogP contribution in [0.1, 0.15) is 16.8 Å². The number of nitrogens with one attached hydrogen (secondary N) is 1. The summed E-state index contributed by atoms with van der Waals surface area (Å²) in [7, 11) is 1.48. The molecule has 2 nitrogen and oxygen atoms in total. The molecule has 0 fully saturated rings. The molecule has 108 valence electrons. The molecule has 0 aliphatic rings. The maximum Gasteiger partial charge on any atom is 0.166 e. The van der Waals surface area contributed by atoms with Gasteiger partial charge in [-0.05, 0) is 36.2 Å². The van der Waals surface area contributed by atoms with E-state index in [0.29, 0.717) is 6.42 Å². The Kier molecular flexibility index (Phi) is 3.72. The van der Waals surface area contributed by atoms with Crippen LogP contribution in [0.4, 0.5) is 4.39 Å². The molecule has 0 spiro atoms. The van der Waals surface area contributed by atoms with E-state index >= 15 is 0 Å². The molecule has 1 heterocycles. The second-order valence-electron chi connectivity index (χ2n) is 5.03. The molecule has 21 heavy (non-hydrogen) atoms. The molecule has 4 heteroatoms. The number of aromatic amines is 1. The van der Waals surface area contributed by atoms with E-state index in [4.69, 9.17) is 4.74 Å². The standard InChI is InChI=1S/C17H15BrFNO/c1-10-13(12-5-3-4-6-16(12)20-10)7-11-8-17(21-2)15(19)9-14(11)18/h3-6,8-9,20H,7H2,1-2H3. The van der Waals surface area contributed by atoms with Gasteiger partial charge in [-0.25, -0.2) is 4.39 Å². The highest BCUT2D eigenvalue weighted by Crippen LogP contribution is 2.31. The van der Waals surface area contributed by atoms with E-state index in [2.05, 4.69) is 40.0 Å². The Morgan fingerprint density at radius 3 is 2.76 bits per heavy atom. The fraction of sp³-hybridized carbons (Fsp3) is 0.176. The predicted octanol–water partition coefficient (Wildman–Crippen LogP) is 4.98. The lowest BCUT2D eigenvalue weighted by atomic mass is 10.0. The van der Waals surface area contributed by atoms with Crippen molar-refractivity contribution in [2.24, 2.45) is 0 Å². The van der Waals surface area contributed by atoms with Crippen molar-refractivity contribution < 1.29 is 9.13 Å². The van der Waals surface area contributed by atoms with E-state index in [1.807, 2.05) is 12.1 Å². The number of para-hydroxylation sites is 1. The van der Waals surface area contributed by atoms with Crippen molar-refractivity contribution in [2.45, 2.75) is 13.3 Å². The fourth-order valence-electron chi connectivity index (χ4n) is 2.62. The molecule has 0 amide bonds. The number of aryl methyl sites for hydroxylation is 1. The number of methoxy groups -OCH3 is 1. The summed E-state index contributed by atoms with van der Waals surface area (Å²) >= 11 is 3.44. The number of hydrogen-bond acceptors (Lipinski definition) is 1. The average molecular weight is 348 g/mol. The van der Waals surface area contributed by atoms with Crippen LogP contribution in [0, 0.1) is 12.7 Å². The second kappa shape index (κ2) is 5.53. The van der Waals surface area contributed by atoms with Crippen molar-refractivity contribution >= 4 is 26.8 Å². The minimum atomic E-state index is -0.358. The zero-order valence-corrected chi connectivity index (χ0v) is 13.4. The highest BCUT2D eigenvalue weighted by atomic mass is 79.9. The number of hydrogen-bond donors (Lipinski definition) is 1. The van der Waals surface area contributed by atoms with Crippen LogP contribution in [-0.2, 0) is 6.42 Å². The van der Waals surface area contributed by atoms with Crippen LogP contribution in [0.2, 0.25) is 0 Å². The summed E-state index contributed by atoms with van der Waals surface area (Å²) in [5.74, 6) is -0.0885. The van der Waals surface area contributed by atoms with Crippen molar-refractivity contribution in [3.8, 4) is 5.75 Å². The number of benzene rings is 2. The summed E-state index contributed by atoms with van der Waals surface area (Å²) in [4.78, 5) is 3.39. The van der Waals surface area contributed by atoms with Gasteiger partial charge in [-0.15, -0.1) is 0 Å². The monoisotopic (exact) mass is 347 g/mol. The molecular formula is C17H15BrFNO. The third-order valence-electron chi connectivity index (χ3n) is 3.72. The molecule has 2 aromatic carbocycles. The minimum absolute atomic E-state index is 0.269. The highest BCUT2D eigenvalue weighted by Gasteiger charge is 2.13. The van der Waals surface area contributed by atoms with Crippen LogP contribution in [-0.4, -0.2) is 12.1 Å². The van der Waals surface area contributed by atoms with E-state index in [0.717, 1.165) is 21.2 Å². The molecule has 1 N–H and O–H groups in total. The van der Waals surface area contributed by atoms with Gasteiger partial charge in [0.05, 0.1) is 7.11 Å². The van der Waals surface area contributed by atoms with E-state index in [-0.39, 0.29) is 11.6 Å². The molecule has 0 unspecified atom stereocenters. The Hall–Kier alpha value is -1.81. The minimum Gasteiger partial charge on any atom is -0.494 e. The zero-order valence-electron chi connectivity index (χ0n) is 11.8. The first-order valence-corrected chi connectivity index (χ1v) is 7.47. The first-order chi connectivity index (χ1) is 10.1. The van der Waals surface area contributed by atoms with Gasteiger partial charge >= 0.3 is 0 Å². The van der Waals surface area contributed by atoms with Gasteiger partial charge in [-0.3, -0.25) is 0 Å². The smallest absolute Gasteiger partial charge is 0.166 e. The molecule has 3 rings (SSSR count). The van der Waals surface area contributed by atoms with E-state index in [9.17, 15) is 4.39 Å². The first-order valence-electron chi connectivity index (χ1n) is 6.68. The Morgan fingerprint density at radius 1 is 1.24 bits per heavy atom. The van der Waals surface area contributed by atoms with Crippen molar-refractivity contribution in [3.63, 3.8) is 0 Å². The number of fused-ring (bicyclic) bond motifs is 1. The van der Waals surface area contributed by atoms with E-state index < -0.39 is 0 Å². The quantitative estimate of drug-likeness (QED) is 0.710. The summed E-state index contributed by atoms with van der Waals surface area (Å²) in [5.41, 5.74) is 4.47. The van der Waals surface area contributed by atoms with Gasteiger partial charge in [0.1, 0.15) is 0 Å². The molecule has 1 aromatic heterocycles. The van der Waals surface area contributed by atoms with E-state index in [1.165, 1.54) is 24.1 Å². The SMILES string of the molecule is COc1cc(Cc2c(C)[nH]c3ccccc23)c(Br)cc1F. The molecule has 0 aliphatic heterocycles. The van der Waals surface area contributed by atoms with Crippen molar-refractivity contribution in [2.75, 3.05) is 7.11 Å². The lowest BCUT2D eigenvalue weighted by molar-refractivity contribution is 0.386. The van der Waals surface area contributed by atoms with Gasteiger partial charge in [0, 0.05) is 27.5 Å². The van der Waals surface area contributed by atoms with Crippen LogP contribution < -0.4 is 4.74 Å². The number of H-pyrrole nitrogens is 1. The van der Waals surface area contributed by atoms with Gasteiger partial charge in [-0.2, -0.15) is 0 Å². The van der Waals surface area contributed by atoms with Crippen LogP contribution in [0.5, 0.6) is 5.75 Å². The maximum atomic E-state index is 13.7. The van der Waals surface area contributed by atoms with Crippen LogP contribution >= 0.6 is 15.9 Å². The molecule has 0 aliphatic carbocycles. The van der Waals surface area contributed by atoms with Gasteiger partial charge in [0.2, 0.25) is 0 Å². The van der Waals surface area contributed by atoms with Gasteiger partial charge in [-0.1, -0.05) is 34.1 Å². The van der Waals surface area contributed by atoms with Crippen molar-refractivity contribution in [1.82, 2.24) is 4.98 Å². The molecule has 0 bridgehead atoms. The molecule has 0 saturated carbocycles. The number of aromatic nitrogens is 1. The zero-order chi connectivity index (χ0) is 15.0. The summed E-state index contributed by atoms with van der Waals surface area (Å²) < 4.78 is 19.5. The molecular weight excluding hydrogens is 333 g/mol. The molecule has 3 aromatic rings. The number of ether oxygens (including phenoxy) is 1. The van der Waals surface area contributed by atoms with Gasteiger partial charge in [0.25, 0.3) is 0 Å². The Labute approximate surface area is 131 Å². The Morgan fingerprint density at radius 2 is 2.00 bits per heavy atom. The normalized spacial score (nSPS) is 11.0. The van der Waals surface area contributed by atoms with Crippen molar-refractivity contribution in [3.05, 3.63) is 63.5 Å². The topological polar surface area (TPSA) is 25.0 Å². The summed E-state index contributed by atoms with van der Waals surface area (Å²) in [6.45, 7) is 2.06. The van der Waals surface area contributed by atoms with Gasteiger partial charge in [0.15, 0.2) is 11.6 Å². The van der Waals surface area contributed by atoms with Crippen LogP contribution in [0.3, 0.4) is 0 Å². The molecule has 0 saturated heterocycles. The highest BCUT2D eigenvalue weighted by molar-refractivity contribution is 9.10. The second-order valence-corrected chi connectivity index (χ2v) is 5.88. The van der Waals surface area contributed by atoms with Crippen LogP contribution in [0.25, 0.3) is 10.9 Å². The average Bonchev–Trinajstić information content (AvgIpc) is 2.78. The number of halogens is 2. The van der Waals surface area contributed by atoms with Gasteiger partial charge < -0.3 is 9.72 Å². The Balaban J connectivity index is 2.08. The summed E-state index contributed by atoms with van der Waals surface area (Å²) in [6.07, 6.45) is 0.715. The first kappa shape index (κ1) is 14.1. The molecule has 0 atom stereocenters. The van der Waals surface area contributed by atoms with E-state index in [1.54, 1.807) is 6.07 Å². The summed E-state index contributed by atoms with van der Waals surface area (Å²) in [6, 6.07) is 11.4. The van der Waals surface area contributed by atoms with Crippen molar-refractivity contribution in [1.29, 1.82) is 0 Å². The Bertz CT molecular complexity index is 810. The molecule has 0 radical (unpaired) electrons. The lowest BCUT2D eigenvalue weighted by Crippen LogP contribution is -1.95. The largest absolute Gasteiger partial charge is 0.494 e. The fourth-order valence-corrected chi connectivity index (χ4v) is 3.07.